The first kappa shape index (κ1) is 19.9. The van der Waals surface area contributed by atoms with Gasteiger partial charge < -0.3 is 15.0 Å². The molecule has 0 spiro atoms. The van der Waals surface area contributed by atoms with Gasteiger partial charge in [0.1, 0.15) is 5.75 Å². The summed E-state index contributed by atoms with van der Waals surface area (Å²) in [5.74, 6) is 1.09. The summed E-state index contributed by atoms with van der Waals surface area (Å²) in [6.07, 6.45) is 1.35. The van der Waals surface area contributed by atoms with Crippen molar-refractivity contribution in [2.24, 2.45) is 5.92 Å². The van der Waals surface area contributed by atoms with Gasteiger partial charge in [-0.25, -0.2) is 0 Å². The van der Waals surface area contributed by atoms with Crippen molar-refractivity contribution in [3.63, 3.8) is 0 Å². The van der Waals surface area contributed by atoms with E-state index in [1.807, 2.05) is 30.9 Å². The quantitative estimate of drug-likeness (QED) is 0.826. The molecule has 2 amide bonds. The van der Waals surface area contributed by atoms with E-state index in [9.17, 15) is 9.59 Å². The van der Waals surface area contributed by atoms with Gasteiger partial charge in [-0.3, -0.25) is 9.59 Å². The number of nitrogens with one attached hydrogen (secondary N) is 1. The Morgan fingerprint density at radius 1 is 1.18 bits per heavy atom. The number of carbonyl (C=O) groups is 2. The van der Waals surface area contributed by atoms with Crippen LogP contribution in [0.4, 0.5) is 5.69 Å². The molecule has 1 aliphatic rings. The van der Waals surface area contributed by atoms with Gasteiger partial charge in [-0.05, 0) is 60.7 Å². The zero-order valence-corrected chi connectivity index (χ0v) is 17.0. The number of hydrogen-bond donors (Lipinski definition) is 1. The number of anilines is 1. The minimum absolute atomic E-state index is 0.0186. The fraction of sp³-hybridized carbons (Fsp3) is 0.391. The van der Waals surface area contributed by atoms with Crippen LogP contribution in [0.1, 0.15) is 48.7 Å². The highest BCUT2D eigenvalue weighted by Gasteiger charge is 2.31. The van der Waals surface area contributed by atoms with Crippen molar-refractivity contribution >= 4 is 17.5 Å². The lowest BCUT2D eigenvalue weighted by Crippen LogP contribution is -2.35. The van der Waals surface area contributed by atoms with Crippen LogP contribution >= 0.6 is 0 Å². The Morgan fingerprint density at radius 2 is 1.89 bits per heavy atom. The highest BCUT2D eigenvalue weighted by molar-refractivity contribution is 6.07. The standard InChI is InChI=1S/C23H28N2O3/c1-15(2)11-22(26)24-14-17-5-6-19-12-16(3)25(21(19)13-17)23(27)18-7-9-20(28-4)10-8-18/h5-10,13,15-16H,11-12,14H2,1-4H3,(H,24,26)/t16-/m0/s1. The predicted molar refractivity (Wildman–Crippen MR) is 111 cm³/mol. The number of nitrogens with zero attached hydrogens (tertiary/aromatic N) is 1. The van der Waals surface area contributed by atoms with Gasteiger partial charge in [0.15, 0.2) is 0 Å². The van der Waals surface area contributed by atoms with Gasteiger partial charge in [-0.2, -0.15) is 0 Å². The van der Waals surface area contributed by atoms with Crippen molar-refractivity contribution in [1.29, 1.82) is 0 Å². The summed E-state index contributed by atoms with van der Waals surface area (Å²) in [4.78, 5) is 26.9. The van der Waals surface area contributed by atoms with Crippen LogP contribution in [0.2, 0.25) is 0 Å². The average molecular weight is 380 g/mol. The number of hydrogen-bond acceptors (Lipinski definition) is 3. The third kappa shape index (κ3) is 4.35. The van der Waals surface area contributed by atoms with E-state index >= 15 is 0 Å². The van der Waals surface area contributed by atoms with Gasteiger partial charge in [0.05, 0.1) is 7.11 Å². The van der Waals surface area contributed by atoms with E-state index < -0.39 is 0 Å². The zero-order valence-electron chi connectivity index (χ0n) is 17.0. The summed E-state index contributed by atoms with van der Waals surface area (Å²) < 4.78 is 5.18. The Balaban J connectivity index is 1.78. The number of benzene rings is 2. The lowest BCUT2D eigenvalue weighted by atomic mass is 10.1. The van der Waals surface area contributed by atoms with Crippen molar-refractivity contribution in [2.45, 2.75) is 46.2 Å². The molecule has 0 aromatic heterocycles. The Morgan fingerprint density at radius 3 is 2.54 bits per heavy atom. The summed E-state index contributed by atoms with van der Waals surface area (Å²) in [6.45, 7) is 6.58. The molecule has 0 unspecified atom stereocenters. The van der Waals surface area contributed by atoms with Crippen LogP contribution in [-0.2, 0) is 17.8 Å². The van der Waals surface area contributed by atoms with Crippen LogP contribution in [0.3, 0.4) is 0 Å². The normalized spacial score (nSPS) is 15.5. The molecular weight excluding hydrogens is 352 g/mol. The van der Waals surface area contributed by atoms with Gasteiger partial charge in [0.2, 0.25) is 5.91 Å². The van der Waals surface area contributed by atoms with Gasteiger partial charge in [-0.1, -0.05) is 26.0 Å². The summed E-state index contributed by atoms with van der Waals surface area (Å²) in [6, 6.07) is 13.4. The smallest absolute Gasteiger partial charge is 0.258 e. The lowest BCUT2D eigenvalue weighted by Gasteiger charge is -2.23. The summed E-state index contributed by atoms with van der Waals surface area (Å²) in [7, 11) is 1.61. The molecule has 3 rings (SSSR count). The Bertz CT molecular complexity index is 859. The zero-order chi connectivity index (χ0) is 20.3. The number of rotatable bonds is 6. The van der Waals surface area contributed by atoms with Crippen LogP contribution in [0.25, 0.3) is 0 Å². The second-order valence-corrected chi connectivity index (χ2v) is 7.79. The molecule has 5 nitrogen and oxygen atoms in total. The fourth-order valence-electron chi connectivity index (χ4n) is 3.59. The van der Waals surface area contributed by atoms with Crippen molar-refractivity contribution in [2.75, 3.05) is 12.0 Å². The molecule has 1 atom stereocenters. The molecule has 5 heteroatoms. The molecule has 0 fully saturated rings. The van der Waals surface area contributed by atoms with Crippen molar-refractivity contribution < 1.29 is 14.3 Å². The number of carbonyl (C=O) groups excluding carboxylic acids is 2. The molecular formula is C23H28N2O3. The van der Waals surface area contributed by atoms with E-state index in [4.69, 9.17) is 4.74 Å². The molecule has 1 aliphatic heterocycles. The Hall–Kier alpha value is -2.82. The Labute approximate surface area is 166 Å². The average Bonchev–Trinajstić information content (AvgIpc) is 3.00. The minimum atomic E-state index is -0.0186. The van der Waals surface area contributed by atoms with Crippen molar-refractivity contribution in [3.8, 4) is 5.75 Å². The largest absolute Gasteiger partial charge is 0.497 e. The molecule has 0 saturated heterocycles. The highest BCUT2D eigenvalue weighted by atomic mass is 16.5. The molecule has 148 valence electrons. The fourth-order valence-corrected chi connectivity index (χ4v) is 3.59. The van der Waals surface area contributed by atoms with Crippen LogP contribution in [0, 0.1) is 5.92 Å². The van der Waals surface area contributed by atoms with Crippen molar-refractivity contribution in [3.05, 3.63) is 59.2 Å². The molecule has 0 radical (unpaired) electrons. The monoisotopic (exact) mass is 380 g/mol. The molecule has 2 aromatic rings. The minimum Gasteiger partial charge on any atom is -0.497 e. The number of amides is 2. The maximum absolute atomic E-state index is 13.1. The highest BCUT2D eigenvalue weighted by Crippen LogP contribution is 2.34. The van der Waals surface area contributed by atoms with Gasteiger partial charge >= 0.3 is 0 Å². The van der Waals surface area contributed by atoms with E-state index in [1.165, 1.54) is 0 Å². The van der Waals surface area contributed by atoms with E-state index in [-0.39, 0.29) is 17.9 Å². The van der Waals surface area contributed by atoms with Crippen LogP contribution in [0.5, 0.6) is 5.75 Å². The van der Waals surface area contributed by atoms with Crippen LogP contribution < -0.4 is 15.0 Å². The molecule has 0 aliphatic carbocycles. The lowest BCUT2D eigenvalue weighted by molar-refractivity contribution is -0.121. The number of fused-ring (bicyclic) bond motifs is 1. The van der Waals surface area contributed by atoms with Gasteiger partial charge in [-0.15, -0.1) is 0 Å². The maximum Gasteiger partial charge on any atom is 0.258 e. The maximum atomic E-state index is 13.1. The van der Waals surface area contributed by atoms with Crippen LogP contribution in [-0.4, -0.2) is 25.0 Å². The second kappa shape index (κ2) is 8.46. The topological polar surface area (TPSA) is 58.6 Å². The second-order valence-electron chi connectivity index (χ2n) is 7.79. The van der Waals surface area contributed by atoms with E-state index in [0.717, 1.165) is 29.0 Å². The van der Waals surface area contributed by atoms with Crippen LogP contribution in [0.15, 0.2) is 42.5 Å². The molecule has 1 N–H and O–H groups in total. The third-order valence-electron chi connectivity index (χ3n) is 5.00. The molecule has 0 saturated carbocycles. The SMILES string of the molecule is COc1ccc(C(=O)N2c3cc(CNC(=O)CC(C)C)ccc3C[C@@H]2C)cc1. The van der Waals surface area contributed by atoms with Crippen molar-refractivity contribution in [1.82, 2.24) is 5.32 Å². The van der Waals surface area contributed by atoms with E-state index in [2.05, 4.69) is 18.3 Å². The summed E-state index contributed by atoms with van der Waals surface area (Å²) in [5.41, 5.74) is 3.73. The first-order valence-corrected chi connectivity index (χ1v) is 9.75. The van der Waals surface area contributed by atoms with E-state index in [1.54, 1.807) is 31.4 Å². The first-order valence-electron chi connectivity index (χ1n) is 9.75. The molecule has 0 bridgehead atoms. The third-order valence-corrected chi connectivity index (χ3v) is 5.00. The summed E-state index contributed by atoms with van der Waals surface area (Å²) >= 11 is 0. The van der Waals surface area contributed by atoms with Gasteiger partial charge in [0.25, 0.3) is 5.91 Å². The Kier molecular flexibility index (Phi) is 6.02. The predicted octanol–water partition coefficient (Wildman–Crippen LogP) is 3.95. The molecule has 1 heterocycles. The number of methoxy groups -OCH3 is 1. The first-order chi connectivity index (χ1) is 13.4. The van der Waals surface area contributed by atoms with Gasteiger partial charge in [0, 0.05) is 30.3 Å². The summed E-state index contributed by atoms with van der Waals surface area (Å²) in [5, 5.41) is 2.96. The molecule has 2 aromatic carbocycles. The number of ether oxygens (including phenoxy) is 1. The molecule has 28 heavy (non-hydrogen) atoms. The van der Waals surface area contributed by atoms with E-state index in [0.29, 0.717) is 24.4 Å².